The molecule has 0 aromatic heterocycles. The first-order chi connectivity index (χ1) is 13.6. The summed E-state index contributed by atoms with van der Waals surface area (Å²) in [6, 6.07) is 6.86. The molecule has 0 saturated heterocycles. The van der Waals surface area contributed by atoms with E-state index in [9.17, 15) is 13.2 Å². The zero-order valence-electron chi connectivity index (χ0n) is 16.2. The van der Waals surface area contributed by atoms with Gasteiger partial charge in [-0.15, -0.1) is 0 Å². The van der Waals surface area contributed by atoms with Gasteiger partial charge in [0.1, 0.15) is 5.84 Å². The molecule has 28 heavy (non-hydrogen) atoms. The van der Waals surface area contributed by atoms with Crippen LogP contribution in [0.5, 0.6) is 0 Å². The monoisotopic (exact) mass is 403 g/mol. The van der Waals surface area contributed by atoms with Crippen LogP contribution in [0.1, 0.15) is 63.4 Å². The zero-order chi connectivity index (χ0) is 19.8. The quantitative estimate of drug-likeness (QED) is 0.490. The van der Waals surface area contributed by atoms with Crippen molar-refractivity contribution in [1.29, 1.82) is 0 Å². The van der Waals surface area contributed by atoms with Crippen LogP contribution in [0.15, 0.2) is 45.8 Å². The molecular formula is C21H29N3O3S. The number of nitrogens with zero attached hydrogens (tertiary/aromatic N) is 1. The van der Waals surface area contributed by atoms with E-state index in [1.54, 1.807) is 24.3 Å². The maximum Gasteiger partial charge on any atom is 0.263 e. The predicted octanol–water partition coefficient (Wildman–Crippen LogP) is 3.29. The molecule has 7 heteroatoms. The summed E-state index contributed by atoms with van der Waals surface area (Å²) in [5.74, 6) is 0.533. The molecule has 2 N–H and O–H groups in total. The third-order valence-electron chi connectivity index (χ3n) is 5.15. The molecule has 1 aliphatic heterocycles. The Balaban J connectivity index is 1.30. The summed E-state index contributed by atoms with van der Waals surface area (Å²) in [6.45, 7) is 1.28. The van der Waals surface area contributed by atoms with Crippen molar-refractivity contribution in [2.24, 2.45) is 4.99 Å². The van der Waals surface area contributed by atoms with Crippen LogP contribution >= 0.6 is 0 Å². The number of carbonyl (C=O) groups excluding carboxylic acids is 1. The van der Waals surface area contributed by atoms with E-state index in [-0.39, 0.29) is 10.8 Å². The minimum absolute atomic E-state index is 0.111. The summed E-state index contributed by atoms with van der Waals surface area (Å²) in [7, 11) is -3.47. The molecule has 152 valence electrons. The molecule has 0 spiro atoms. The fourth-order valence-electron chi connectivity index (χ4n) is 3.60. The zero-order valence-corrected chi connectivity index (χ0v) is 17.1. The predicted molar refractivity (Wildman–Crippen MR) is 111 cm³/mol. The number of sulfonamides is 1. The number of benzene rings is 1. The summed E-state index contributed by atoms with van der Waals surface area (Å²) in [4.78, 5) is 16.6. The van der Waals surface area contributed by atoms with Crippen LogP contribution in [0.2, 0.25) is 0 Å². The van der Waals surface area contributed by atoms with E-state index >= 15 is 0 Å². The molecule has 0 unspecified atom stereocenters. The summed E-state index contributed by atoms with van der Waals surface area (Å²) in [5.41, 5.74) is 2.12. The van der Waals surface area contributed by atoms with Crippen molar-refractivity contribution in [2.45, 2.75) is 62.7 Å². The Morgan fingerprint density at radius 3 is 2.82 bits per heavy atom. The van der Waals surface area contributed by atoms with Gasteiger partial charge in [0.15, 0.2) is 0 Å². The van der Waals surface area contributed by atoms with Gasteiger partial charge in [0.25, 0.3) is 10.0 Å². The molecule has 1 amide bonds. The lowest BCUT2D eigenvalue weighted by Gasteiger charge is -2.12. The second-order valence-electron chi connectivity index (χ2n) is 7.35. The average molecular weight is 404 g/mol. The smallest absolute Gasteiger partial charge is 0.263 e. The average Bonchev–Trinajstić information content (AvgIpc) is 2.96. The topological polar surface area (TPSA) is 87.6 Å². The van der Waals surface area contributed by atoms with Crippen LogP contribution in [-0.2, 0) is 14.8 Å². The highest BCUT2D eigenvalue weighted by Gasteiger charge is 2.29. The lowest BCUT2D eigenvalue weighted by Crippen LogP contribution is -2.24. The third kappa shape index (κ3) is 5.67. The Bertz CT molecular complexity index is 859. The standard InChI is InChI=1S/C21H29N3O3S/c25-20(22-16-14-17-9-3-1-4-10-17)13-5-2-8-15-23-21-18-11-6-7-12-19(18)28(26,27)24-21/h6-7,9,11-12H,1-5,8,10,13-16H2,(H,22,25)(H,23,24). The number of rotatable bonds is 9. The third-order valence-corrected chi connectivity index (χ3v) is 6.55. The highest BCUT2D eigenvalue weighted by atomic mass is 32.2. The second kappa shape index (κ2) is 9.87. The first-order valence-electron chi connectivity index (χ1n) is 10.2. The van der Waals surface area contributed by atoms with Gasteiger partial charge in [-0.25, -0.2) is 8.42 Å². The SMILES string of the molecule is O=C(CCCCCN=C1NS(=O)(=O)c2ccccc21)NCCC1=CCCCC1. The van der Waals surface area contributed by atoms with Gasteiger partial charge in [-0.1, -0.05) is 30.2 Å². The largest absolute Gasteiger partial charge is 0.356 e. The van der Waals surface area contributed by atoms with E-state index in [0.29, 0.717) is 24.4 Å². The van der Waals surface area contributed by atoms with Crippen molar-refractivity contribution in [3.63, 3.8) is 0 Å². The van der Waals surface area contributed by atoms with E-state index in [1.807, 2.05) is 0 Å². The molecule has 0 fully saturated rings. The molecule has 1 aromatic carbocycles. The first-order valence-corrected chi connectivity index (χ1v) is 11.7. The normalized spacial score (nSPS) is 19.0. The maximum atomic E-state index is 12.0. The number of amides is 1. The number of allylic oxidation sites excluding steroid dienone is 1. The summed E-state index contributed by atoms with van der Waals surface area (Å²) < 4.78 is 26.6. The van der Waals surface area contributed by atoms with Crippen molar-refractivity contribution in [3.05, 3.63) is 41.5 Å². The van der Waals surface area contributed by atoms with Crippen molar-refractivity contribution >= 4 is 21.8 Å². The molecule has 0 saturated carbocycles. The van der Waals surface area contributed by atoms with E-state index < -0.39 is 10.0 Å². The number of fused-ring (bicyclic) bond motifs is 1. The maximum absolute atomic E-state index is 12.0. The van der Waals surface area contributed by atoms with Crippen molar-refractivity contribution in [3.8, 4) is 0 Å². The lowest BCUT2D eigenvalue weighted by molar-refractivity contribution is -0.121. The molecule has 0 bridgehead atoms. The number of aliphatic imine (C=N–C) groups is 1. The first kappa shape index (κ1) is 20.6. The number of hydrogen-bond donors (Lipinski definition) is 2. The fraction of sp³-hybridized carbons (Fsp3) is 0.524. The highest BCUT2D eigenvalue weighted by molar-refractivity contribution is 7.90. The Labute approximate surface area is 167 Å². The van der Waals surface area contributed by atoms with Gasteiger partial charge in [-0.3, -0.25) is 14.5 Å². The van der Waals surface area contributed by atoms with E-state index in [4.69, 9.17) is 0 Å². The Morgan fingerprint density at radius 2 is 2.00 bits per heavy atom. The minimum Gasteiger partial charge on any atom is -0.356 e. The molecule has 2 aliphatic rings. The van der Waals surface area contributed by atoms with Gasteiger partial charge >= 0.3 is 0 Å². The van der Waals surface area contributed by atoms with Gasteiger partial charge in [0.2, 0.25) is 5.91 Å². The van der Waals surface area contributed by atoms with Gasteiger partial charge in [-0.2, -0.15) is 0 Å². The van der Waals surface area contributed by atoms with Crippen LogP contribution < -0.4 is 10.0 Å². The molecule has 1 aliphatic carbocycles. The van der Waals surface area contributed by atoms with Gasteiger partial charge in [-0.05, 0) is 57.1 Å². The van der Waals surface area contributed by atoms with Gasteiger partial charge < -0.3 is 5.32 Å². The van der Waals surface area contributed by atoms with Crippen LogP contribution in [0.4, 0.5) is 0 Å². The number of unbranched alkanes of at least 4 members (excludes halogenated alkanes) is 2. The molecule has 0 atom stereocenters. The number of amidine groups is 1. The van der Waals surface area contributed by atoms with Crippen LogP contribution in [-0.4, -0.2) is 33.3 Å². The number of nitrogens with one attached hydrogen (secondary N) is 2. The molecular weight excluding hydrogens is 374 g/mol. The van der Waals surface area contributed by atoms with E-state index in [0.717, 1.165) is 32.2 Å². The molecule has 6 nitrogen and oxygen atoms in total. The summed E-state index contributed by atoms with van der Waals surface area (Å²) >= 11 is 0. The highest BCUT2D eigenvalue weighted by Crippen LogP contribution is 2.22. The van der Waals surface area contributed by atoms with Gasteiger partial charge in [0, 0.05) is 25.1 Å². The van der Waals surface area contributed by atoms with Crippen molar-refractivity contribution in [2.75, 3.05) is 13.1 Å². The van der Waals surface area contributed by atoms with Crippen LogP contribution in [0, 0.1) is 0 Å². The minimum atomic E-state index is -3.47. The van der Waals surface area contributed by atoms with Crippen molar-refractivity contribution in [1.82, 2.24) is 10.0 Å². The van der Waals surface area contributed by atoms with E-state index in [1.165, 1.54) is 31.3 Å². The van der Waals surface area contributed by atoms with Crippen molar-refractivity contribution < 1.29 is 13.2 Å². The molecule has 0 radical (unpaired) electrons. The number of hydrogen-bond acceptors (Lipinski definition) is 4. The van der Waals surface area contributed by atoms with Crippen LogP contribution in [0.3, 0.4) is 0 Å². The number of carbonyl (C=O) groups is 1. The van der Waals surface area contributed by atoms with E-state index in [2.05, 4.69) is 21.1 Å². The lowest BCUT2D eigenvalue weighted by atomic mass is 9.97. The Morgan fingerprint density at radius 1 is 1.14 bits per heavy atom. The van der Waals surface area contributed by atoms with Gasteiger partial charge in [0.05, 0.1) is 4.90 Å². The fourth-order valence-corrected chi connectivity index (χ4v) is 4.85. The molecule has 3 rings (SSSR count). The van der Waals surface area contributed by atoms with Crippen LogP contribution in [0.25, 0.3) is 0 Å². The molecule has 1 aromatic rings. The molecule has 1 heterocycles. The Kier molecular flexibility index (Phi) is 7.25. The Hall–Kier alpha value is -2.15. The summed E-state index contributed by atoms with van der Waals surface area (Å²) in [6.07, 6.45) is 11.3. The second-order valence-corrected chi connectivity index (χ2v) is 9.00. The summed E-state index contributed by atoms with van der Waals surface area (Å²) in [5, 5.41) is 3.00.